The van der Waals surface area contributed by atoms with E-state index in [0.29, 0.717) is 5.56 Å². The lowest BCUT2D eigenvalue weighted by Gasteiger charge is -2.36. The summed E-state index contributed by atoms with van der Waals surface area (Å²) in [6.45, 7) is 0. The molecule has 0 saturated carbocycles. The Balaban J connectivity index is 1.07. The van der Waals surface area contributed by atoms with E-state index >= 15 is 0 Å². The molecular weight excluding hydrogens is 1180 g/mol. The zero-order valence-electron chi connectivity index (χ0n) is 52.7. The second-order valence-corrected chi connectivity index (χ2v) is 25.7. The number of rotatable bonds is 9. The van der Waals surface area contributed by atoms with E-state index in [1.54, 1.807) is 0 Å². The van der Waals surface area contributed by atoms with Crippen LogP contribution in [-0.2, 0) is 0 Å². The quantitative estimate of drug-likeness (QED) is 0.145. The van der Waals surface area contributed by atoms with Gasteiger partial charge in [0.2, 0.25) is 0 Å². The Morgan fingerprint density at radius 1 is 0.268 bits per heavy atom. The number of anilines is 2. The number of fused-ring (bicyclic) bond motifs is 15. The molecule has 18 aromatic rings. The van der Waals surface area contributed by atoms with E-state index in [4.69, 9.17) is 0 Å². The van der Waals surface area contributed by atoms with E-state index in [2.05, 4.69) is 369 Å². The molecule has 0 N–H and O–H groups in total. The van der Waals surface area contributed by atoms with Crippen molar-refractivity contribution in [2.75, 3.05) is 4.90 Å². The number of nitriles is 1. The van der Waals surface area contributed by atoms with E-state index in [1.807, 2.05) is 0 Å². The predicted molar refractivity (Wildman–Crippen MR) is 403 cm³/mol. The van der Waals surface area contributed by atoms with Gasteiger partial charge in [-0.05, 0) is 123 Å². The lowest BCUT2D eigenvalue weighted by atomic mass is 9.85. The van der Waals surface area contributed by atoms with Gasteiger partial charge < -0.3 is 23.2 Å². The maximum absolute atomic E-state index is 13.5. The molecule has 2 unspecified atom stereocenters. The first-order chi connectivity index (χ1) is 48.1. The van der Waals surface area contributed by atoms with Crippen LogP contribution in [-0.4, -0.2) is 24.3 Å². The number of hydrogen-bond donors (Lipinski definition) is 0. The molecule has 6 nitrogen and oxygen atoms in total. The fourth-order valence-electron chi connectivity index (χ4n) is 16.5. The highest BCUT2D eigenvalue weighted by molar-refractivity contribution is 6.18. The number of allylic oxidation sites excluding steroid dienone is 2. The van der Waals surface area contributed by atoms with Crippen molar-refractivity contribution in [2.24, 2.45) is 0 Å². The molecule has 0 amide bonds. The third kappa shape index (κ3) is 8.13. The van der Waals surface area contributed by atoms with Gasteiger partial charge in [0.15, 0.2) is 0 Å². The van der Waals surface area contributed by atoms with Crippen molar-refractivity contribution in [3.63, 3.8) is 0 Å². The smallest absolute Gasteiger partial charge is 0.105 e. The molecule has 0 spiro atoms. The van der Waals surface area contributed by atoms with Gasteiger partial charge in [0.05, 0.1) is 78.6 Å². The standard InChI is InChI=1S/C91H58N6/c92-57-76-87(93-77-39-19-13-33-66(77)67-34-14-20-40-78(67)93)89(96-83-49-45-62(58-25-5-1-6-26-58)53-72(83)73-54-63(46-50-84(73)96)59-27-7-2-8-28-59)91(95-81-43-23-17-37-70(81)71-38-18-24-44-82(71)95)90(88(76)94-79-41-21-15-35-68(79)69-36-16-22-42-80(69)94)97-85-51-47-64(60-29-9-3-10-30-60)55-74(85)75-56-65(48-52-86(75)97)61-31-11-4-12-32-61/h1-56,72,83H. The number of hydrogen-bond acceptors (Lipinski definition) is 2. The first kappa shape index (κ1) is 54.6. The highest BCUT2D eigenvalue weighted by atomic mass is 15.3. The lowest BCUT2D eigenvalue weighted by molar-refractivity contribution is 0.744. The summed E-state index contributed by atoms with van der Waals surface area (Å²) in [6.07, 6.45) is 7.30. The normalized spacial score (nSPS) is 14.4. The van der Waals surface area contributed by atoms with Crippen LogP contribution >= 0.6 is 0 Å². The van der Waals surface area contributed by atoms with Crippen LogP contribution in [0.3, 0.4) is 0 Å². The molecule has 6 heteroatoms. The van der Waals surface area contributed by atoms with Crippen molar-refractivity contribution >= 4 is 104 Å². The van der Waals surface area contributed by atoms with Crippen LogP contribution in [0, 0.1) is 11.3 Å². The van der Waals surface area contributed by atoms with E-state index < -0.39 is 0 Å². The van der Waals surface area contributed by atoms with E-state index in [-0.39, 0.29) is 12.0 Å². The van der Waals surface area contributed by atoms with Crippen LogP contribution < -0.4 is 4.90 Å². The van der Waals surface area contributed by atoms with Gasteiger partial charge in [0, 0.05) is 54.7 Å². The van der Waals surface area contributed by atoms with Crippen molar-refractivity contribution < 1.29 is 0 Å². The van der Waals surface area contributed by atoms with Crippen LogP contribution in [0.4, 0.5) is 11.4 Å². The SMILES string of the molecule is N#Cc1c(-n2c3ccccc3c3ccccc32)c(N2c3ccc(-c4ccccc4)cc3C3C=C(c4ccccc4)C=CC32)c(-n2c3ccccc3c3ccccc32)c(-n2c3ccc(-c4ccccc4)cc3c3cc(-c4ccccc4)ccc32)c1-n1c2ccccc2c2ccccc21. The minimum atomic E-state index is -0.286. The molecule has 0 bridgehead atoms. The van der Waals surface area contributed by atoms with Crippen molar-refractivity contribution in [2.45, 2.75) is 12.0 Å². The summed E-state index contributed by atoms with van der Waals surface area (Å²) in [7, 11) is 0. The zero-order valence-corrected chi connectivity index (χ0v) is 52.7. The Morgan fingerprint density at radius 3 is 0.990 bits per heavy atom. The molecule has 2 atom stereocenters. The Bertz CT molecular complexity index is 6140. The average Bonchev–Trinajstić information content (AvgIpc) is 1.57. The third-order valence-corrected chi connectivity index (χ3v) is 20.7. The van der Waals surface area contributed by atoms with Gasteiger partial charge in [-0.2, -0.15) is 5.26 Å². The number of nitrogens with zero attached hydrogens (tertiary/aromatic N) is 6. The first-order valence-corrected chi connectivity index (χ1v) is 33.4. The van der Waals surface area contributed by atoms with Crippen molar-refractivity contribution in [3.05, 3.63) is 356 Å². The lowest BCUT2D eigenvalue weighted by Crippen LogP contribution is -2.32. The van der Waals surface area contributed by atoms with E-state index in [9.17, 15) is 5.26 Å². The van der Waals surface area contributed by atoms with Crippen LogP contribution in [0.25, 0.3) is 149 Å². The highest BCUT2D eigenvalue weighted by Gasteiger charge is 2.45. The maximum atomic E-state index is 13.5. The monoisotopic (exact) mass is 1230 g/mol. The molecule has 5 heterocycles. The van der Waals surface area contributed by atoms with Gasteiger partial charge >= 0.3 is 0 Å². The van der Waals surface area contributed by atoms with Gasteiger partial charge in [0.25, 0.3) is 0 Å². The second-order valence-electron chi connectivity index (χ2n) is 25.7. The van der Waals surface area contributed by atoms with Gasteiger partial charge in [-0.15, -0.1) is 0 Å². The Morgan fingerprint density at radius 2 is 0.588 bits per heavy atom. The highest BCUT2D eigenvalue weighted by Crippen LogP contribution is 2.58. The molecule has 14 aromatic carbocycles. The van der Waals surface area contributed by atoms with Crippen LogP contribution in [0.2, 0.25) is 0 Å². The molecule has 1 aliphatic heterocycles. The molecule has 97 heavy (non-hydrogen) atoms. The summed E-state index contributed by atoms with van der Waals surface area (Å²) in [5.41, 5.74) is 24.2. The summed E-state index contributed by atoms with van der Waals surface area (Å²) in [6, 6.07) is 120. The maximum Gasteiger partial charge on any atom is 0.105 e. The average molecular weight is 1240 g/mol. The Kier molecular flexibility index (Phi) is 12.1. The zero-order chi connectivity index (χ0) is 63.8. The third-order valence-electron chi connectivity index (χ3n) is 20.7. The molecule has 452 valence electrons. The number of aromatic nitrogens is 4. The summed E-state index contributed by atoms with van der Waals surface area (Å²) < 4.78 is 10.0. The second kappa shape index (κ2) is 21.6. The summed E-state index contributed by atoms with van der Waals surface area (Å²) in [4.78, 5) is 2.65. The Hall–Kier alpha value is -13.0. The summed E-state index contributed by atoms with van der Waals surface area (Å²) >= 11 is 0. The van der Waals surface area contributed by atoms with Crippen molar-refractivity contribution in [1.82, 2.24) is 18.3 Å². The van der Waals surface area contributed by atoms with E-state index in [0.717, 1.165) is 160 Å². The van der Waals surface area contributed by atoms with Gasteiger partial charge in [-0.1, -0.05) is 267 Å². The van der Waals surface area contributed by atoms with Crippen LogP contribution in [0.5, 0.6) is 0 Å². The summed E-state index contributed by atoms with van der Waals surface area (Å²) in [5, 5.41) is 22.3. The minimum absolute atomic E-state index is 0.136. The van der Waals surface area contributed by atoms with Crippen molar-refractivity contribution in [3.8, 4) is 62.2 Å². The fourth-order valence-corrected chi connectivity index (χ4v) is 16.5. The minimum Gasteiger partial charge on any atom is -0.330 e. The molecule has 20 rings (SSSR count). The molecule has 2 aliphatic rings. The molecule has 0 fully saturated rings. The van der Waals surface area contributed by atoms with Gasteiger partial charge in [-0.3, -0.25) is 0 Å². The van der Waals surface area contributed by atoms with Gasteiger partial charge in [-0.25, -0.2) is 0 Å². The predicted octanol–water partition coefficient (Wildman–Crippen LogP) is 23.2. The molecule has 4 aromatic heterocycles. The fraction of sp³-hybridized carbons (Fsp3) is 0.0220. The summed E-state index contributed by atoms with van der Waals surface area (Å²) in [5.74, 6) is -0.136. The number of para-hydroxylation sites is 6. The molecule has 1 aliphatic carbocycles. The largest absolute Gasteiger partial charge is 0.330 e. The first-order valence-electron chi connectivity index (χ1n) is 33.4. The van der Waals surface area contributed by atoms with Crippen LogP contribution in [0.1, 0.15) is 22.6 Å². The van der Waals surface area contributed by atoms with E-state index in [1.165, 1.54) is 11.1 Å². The molecule has 0 radical (unpaired) electrons. The Labute approximate surface area is 559 Å². The molecule has 0 saturated heterocycles. The topological polar surface area (TPSA) is 46.8 Å². The van der Waals surface area contributed by atoms with Crippen molar-refractivity contribution in [1.29, 1.82) is 5.26 Å². The van der Waals surface area contributed by atoms with Gasteiger partial charge in [0.1, 0.15) is 11.6 Å². The number of benzene rings is 14. The van der Waals surface area contributed by atoms with Crippen LogP contribution in [0.15, 0.2) is 340 Å². The molecular formula is C91H58N6.